The van der Waals surface area contributed by atoms with Crippen LogP contribution in [0, 0.1) is 0 Å². The molecule has 7 nitrogen and oxygen atoms in total. The minimum atomic E-state index is 0.247. The molecule has 5 rings (SSSR count). The molecule has 1 aromatic carbocycles. The summed E-state index contributed by atoms with van der Waals surface area (Å²) in [4.78, 5) is 22.8. The summed E-state index contributed by atoms with van der Waals surface area (Å²) in [7, 11) is 0. The molecule has 0 amide bonds. The van der Waals surface area contributed by atoms with Crippen LogP contribution in [0.2, 0.25) is 0 Å². The van der Waals surface area contributed by atoms with E-state index in [2.05, 4.69) is 35.9 Å². The third-order valence-corrected chi connectivity index (χ3v) is 4.90. The van der Waals surface area contributed by atoms with E-state index in [1.165, 1.54) is 0 Å². The Morgan fingerprint density at radius 1 is 1.12 bits per heavy atom. The van der Waals surface area contributed by atoms with Crippen LogP contribution >= 0.6 is 0 Å². The Hall–Kier alpha value is -3.22. The second kappa shape index (κ2) is 6.25. The molecule has 7 heteroatoms. The van der Waals surface area contributed by atoms with E-state index in [9.17, 15) is 0 Å². The summed E-state index contributed by atoms with van der Waals surface area (Å²) < 4.78 is 6.13. The standard InChI is InChI=1S/C19H18N6O/c1-2-6-15-13(4-1)7-8-20-19(15)26-10-14-5-3-9-25(14)18-16-17(22-11-21-16)23-12-24-18/h1-2,4,6-8,11-12,14H,3,5,9-10H2,(H,21,22,23,24). The lowest BCUT2D eigenvalue weighted by atomic mass is 10.2. The molecule has 1 saturated heterocycles. The molecule has 4 aromatic rings. The summed E-state index contributed by atoms with van der Waals surface area (Å²) >= 11 is 0. The zero-order chi connectivity index (χ0) is 17.3. The fourth-order valence-corrected chi connectivity index (χ4v) is 3.64. The number of ether oxygens (including phenoxy) is 1. The maximum absolute atomic E-state index is 6.13. The van der Waals surface area contributed by atoms with Gasteiger partial charge < -0.3 is 14.6 Å². The number of nitrogens with one attached hydrogen (secondary N) is 1. The molecule has 0 aliphatic carbocycles. The SMILES string of the molecule is c1ccc2c(OCC3CCCN3c3ncnc4nc[nH]c34)nccc2c1. The summed E-state index contributed by atoms with van der Waals surface area (Å²) in [6.07, 6.45) is 7.19. The third-order valence-electron chi connectivity index (χ3n) is 4.90. The molecule has 1 N–H and O–H groups in total. The first-order valence-electron chi connectivity index (χ1n) is 8.77. The lowest BCUT2D eigenvalue weighted by Crippen LogP contribution is -2.35. The second-order valence-electron chi connectivity index (χ2n) is 6.44. The van der Waals surface area contributed by atoms with Crippen LogP contribution < -0.4 is 9.64 Å². The largest absolute Gasteiger partial charge is 0.475 e. The van der Waals surface area contributed by atoms with Crippen molar-refractivity contribution in [2.45, 2.75) is 18.9 Å². The van der Waals surface area contributed by atoms with Crippen molar-refractivity contribution in [2.24, 2.45) is 0 Å². The Morgan fingerprint density at radius 3 is 3.08 bits per heavy atom. The zero-order valence-corrected chi connectivity index (χ0v) is 14.2. The van der Waals surface area contributed by atoms with Gasteiger partial charge in [0, 0.05) is 18.1 Å². The molecule has 0 spiro atoms. The van der Waals surface area contributed by atoms with E-state index in [-0.39, 0.29) is 6.04 Å². The average Bonchev–Trinajstić information content (AvgIpc) is 3.35. The molecule has 1 unspecified atom stereocenters. The lowest BCUT2D eigenvalue weighted by molar-refractivity contribution is 0.281. The topological polar surface area (TPSA) is 79.8 Å². The van der Waals surface area contributed by atoms with E-state index in [0.29, 0.717) is 18.1 Å². The van der Waals surface area contributed by atoms with Gasteiger partial charge in [-0.3, -0.25) is 0 Å². The number of hydrogen-bond donors (Lipinski definition) is 1. The number of aromatic nitrogens is 5. The third kappa shape index (κ3) is 2.52. The number of H-pyrrole nitrogens is 1. The normalized spacial score (nSPS) is 17.2. The van der Waals surface area contributed by atoms with Crippen molar-refractivity contribution in [2.75, 3.05) is 18.1 Å². The van der Waals surface area contributed by atoms with Gasteiger partial charge in [-0.1, -0.05) is 18.2 Å². The first kappa shape index (κ1) is 15.1. The molecule has 1 aliphatic rings. The van der Waals surface area contributed by atoms with Crippen molar-refractivity contribution in [3.63, 3.8) is 0 Å². The fraction of sp³-hybridized carbons (Fsp3) is 0.263. The maximum Gasteiger partial charge on any atom is 0.221 e. The monoisotopic (exact) mass is 346 g/mol. The average molecular weight is 346 g/mol. The molecule has 0 saturated carbocycles. The Balaban J connectivity index is 1.40. The van der Waals surface area contributed by atoms with Gasteiger partial charge in [-0.05, 0) is 30.4 Å². The van der Waals surface area contributed by atoms with E-state index in [4.69, 9.17) is 4.74 Å². The number of hydrogen-bond acceptors (Lipinski definition) is 6. The summed E-state index contributed by atoms with van der Waals surface area (Å²) in [6, 6.07) is 10.4. The Labute approximate surface area is 150 Å². The van der Waals surface area contributed by atoms with E-state index < -0.39 is 0 Å². The molecular formula is C19H18N6O. The van der Waals surface area contributed by atoms with Gasteiger partial charge in [0.2, 0.25) is 5.88 Å². The van der Waals surface area contributed by atoms with Crippen molar-refractivity contribution < 1.29 is 4.74 Å². The summed E-state index contributed by atoms with van der Waals surface area (Å²) in [5.74, 6) is 1.58. The van der Waals surface area contributed by atoms with Crippen molar-refractivity contribution >= 4 is 27.8 Å². The highest BCUT2D eigenvalue weighted by molar-refractivity contribution is 5.86. The summed E-state index contributed by atoms with van der Waals surface area (Å²) in [5.41, 5.74) is 1.57. The Bertz CT molecular complexity index is 1060. The van der Waals surface area contributed by atoms with Crippen molar-refractivity contribution in [1.82, 2.24) is 24.9 Å². The zero-order valence-electron chi connectivity index (χ0n) is 14.2. The summed E-state index contributed by atoms with van der Waals surface area (Å²) in [5, 5.41) is 2.17. The number of anilines is 1. The van der Waals surface area contributed by atoms with Crippen LogP contribution in [0.25, 0.3) is 21.9 Å². The smallest absolute Gasteiger partial charge is 0.221 e. The number of benzene rings is 1. The van der Waals surface area contributed by atoms with Gasteiger partial charge >= 0.3 is 0 Å². The minimum absolute atomic E-state index is 0.247. The highest BCUT2D eigenvalue weighted by Gasteiger charge is 2.28. The van der Waals surface area contributed by atoms with Crippen LogP contribution in [-0.2, 0) is 0 Å². The van der Waals surface area contributed by atoms with E-state index in [1.54, 1.807) is 18.9 Å². The highest BCUT2D eigenvalue weighted by atomic mass is 16.5. The van der Waals surface area contributed by atoms with Crippen molar-refractivity contribution in [3.8, 4) is 5.88 Å². The van der Waals surface area contributed by atoms with Gasteiger partial charge in [-0.2, -0.15) is 0 Å². The number of pyridine rings is 1. The van der Waals surface area contributed by atoms with E-state index in [1.807, 2.05) is 24.3 Å². The molecule has 26 heavy (non-hydrogen) atoms. The van der Waals surface area contributed by atoms with Gasteiger partial charge in [0.05, 0.1) is 12.4 Å². The molecule has 1 fully saturated rings. The van der Waals surface area contributed by atoms with Gasteiger partial charge in [-0.15, -0.1) is 0 Å². The molecule has 3 aromatic heterocycles. The molecule has 0 bridgehead atoms. The number of rotatable bonds is 4. The van der Waals surface area contributed by atoms with Crippen molar-refractivity contribution in [1.29, 1.82) is 0 Å². The predicted octanol–water partition coefficient (Wildman–Crippen LogP) is 2.95. The maximum atomic E-state index is 6.13. The molecular weight excluding hydrogens is 328 g/mol. The number of imidazole rings is 1. The highest BCUT2D eigenvalue weighted by Crippen LogP contribution is 2.29. The second-order valence-corrected chi connectivity index (χ2v) is 6.44. The lowest BCUT2D eigenvalue weighted by Gasteiger charge is -2.25. The number of nitrogens with zero attached hydrogens (tertiary/aromatic N) is 5. The first-order chi connectivity index (χ1) is 12.9. The number of fused-ring (bicyclic) bond motifs is 2. The summed E-state index contributed by atoms with van der Waals surface area (Å²) in [6.45, 7) is 1.52. The minimum Gasteiger partial charge on any atom is -0.475 e. The molecule has 0 radical (unpaired) electrons. The van der Waals surface area contributed by atoms with E-state index in [0.717, 1.165) is 41.5 Å². The quantitative estimate of drug-likeness (QED) is 0.612. The van der Waals surface area contributed by atoms with Gasteiger partial charge in [0.1, 0.15) is 18.5 Å². The van der Waals surface area contributed by atoms with Crippen LogP contribution in [0.3, 0.4) is 0 Å². The number of aromatic amines is 1. The van der Waals surface area contributed by atoms with E-state index >= 15 is 0 Å². The fourth-order valence-electron chi connectivity index (χ4n) is 3.64. The Kier molecular flexibility index (Phi) is 3.62. The van der Waals surface area contributed by atoms with Crippen LogP contribution in [0.5, 0.6) is 5.88 Å². The van der Waals surface area contributed by atoms with Crippen LogP contribution in [0.1, 0.15) is 12.8 Å². The molecule has 1 aliphatic heterocycles. The van der Waals surface area contributed by atoms with Gasteiger partial charge in [0.25, 0.3) is 0 Å². The van der Waals surface area contributed by atoms with Crippen LogP contribution in [0.15, 0.2) is 49.2 Å². The van der Waals surface area contributed by atoms with Crippen LogP contribution in [0.4, 0.5) is 5.82 Å². The van der Waals surface area contributed by atoms with Gasteiger partial charge in [-0.25, -0.2) is 19.9 Å². The van der Waals surface area contributed by atoms with Crippen molar-refractivity contribution in [3.05, 3.63) is 49.2 Å². The van der Waals surface area contributed by atoms with Crippen LogP contribution in [-0.4, -0.2) is 44.1 Å². The molecule has 1 atom stereocenters. The van der Waals surface area contributed by atoms with Gasteiger partial charge in [0.15, 0.2) is 11.5 Å². The molecule has 130 valence electrons. The first-order valence-corrected chi connectivity index (χ1v) is 8.77. The predicted molar refractivity (Wildman–Crippen MR) is 99.3 cm³/mol. The Morgan fingerprint density at radius 2 is 2.08 bits per heavy atom. The molecule has 4 heterocycles.